The first-order valence-corrected chi connectivity index (χ1v) is 6.28. The van der Waals surface area contributed by atoms with Gasteiger partial charge in [-0.3, -0.25) is 4.79 Å². The Morgan fingerprint density at radius 3 is 3.07 bits per heavy atom. The number of hydrogen-bond donors (Lipinski definition) is 1. The first-order chi connectivity index (χ1) is 7.33. The van der Waals surface area contributed by atoms with Crippen LogP contribution >= 0.6 is 11.3 Å². The minimum Gasteiger partial charge on any atom is -0.353 e. The lowest BCUT2D eigenvalue weighted by molar-refractivity contribution is 0.715. The summed E-state index contributed by atoms with van der Waals surface area (Å²) in [7, 11) is 0. The standard InChI is InChI=1S/C12H15NOS/c1-2-3-4-5-9-8-13-12-10(11(9)14)6-7-15-12/h6-8H,2-5H2,1H3,(H,13,14). The van der Waals surface area contributed by atoms with Gasteiger partial charge in [0.1, 0.15) is 4.83 Å². The number of hydrogen-bond acceptors (Lipinski definition) is 2. The molecule has 15 heavy (non-hydrogen) atoms. The van der Waals surface area contributed by atoms with Crippen LogP contribution in [0.3, 0.4) is 0 Å². The lowest BCUT2D eigenvalue weighted by atomic mass is 10.1. The van der Waals surface area contributed by atoms with Gasteiger partial charge in [0.05, 0.1) is 5.39 Å². The minimum absolute atomic E-state index is 0.209. The molecular weight excluding hydrogens is 206 g/mol. The molecule has 2 nitrogen and oxygen atoms in total. The summed E-state index contributed by atoms with van der Waals surface area (Å²) in [6, 6.07) is 1.90. The van der Waals surface area contributed by atoms with Crippen molar-refractivity contribution < 1.29 is 0 Å². The van der Waals surface area contributed by atoms with Gasteiger partial charge in [-0.15, -0.1) is 11.3 Å². The van der Waals surface area contributed by atoms with Gasteiger partial charge >= 0.3 is 0 Å². The number of H-pyrrole nitrogens is 1. The molecule has 0 bridgehead atoms. The van der Waals surface area contributed by atoms with Crippen molar-refractivity contribution in [1.29, 1.82) is 0 Å². The predicted octanol–water partition coefficient (Wildman–Crippen LogP) is 3.32. The third-order valence-corrected chi connectivity index (χ3v) is 3.47. The summed E-state index contributed by atoms with van der Waals surface area (Å²) in [5.74, 6) is 0. The molecule has 2 aromatic rings. The second kappa shape index (κ2) is 4.62. The van der Waals surface area contributed by atoms with Gasteiger partial charge in [-0.1, -0.05) is 19.8 Å². The van der Waals surface area contributed by atoms with Gasteiger partial charge in [0.15, 0.2) is 5.43 Å². The first-order valence-electron chi connectivity index (χ1n) is 5.40. The fourth-order valence-electron chi connectivity index (χ4n) is 1.74. The molecule has 0 unspecified atom stereocenters. The Balaban J connectivity index is 2.28. The number of aromatic amines is 1. The van der Waals surface area contributed by atoms with Crippen molar-refractivity contribution in [2.24, 2.45) is 0 Å². The van der Waals surface area contributed by atoms with Crippen molar-refractivity contribution >= 4 is 21.6 Å². The summed E-state index contributed by atoms with van der Waals surface area (Å²) in [5.41, 5.74) is 1.13. The summed E-state index contributed by atoms with van der Waals surface area (Å²) in [6.45, 7) is 2.17. The third kappa shape index (κ3) is 2.12. The Morgan fingerprint density at radius 2 is 2.27 bits per heavy atom. The summed E-state index contributed by atoms with van der Waals surface area (Å²) in [6.07, 6.45) is 6.26. The first kappa shape index (κ1) is 10.4. The predicted molar refractivity (Wildman–Crippen MR) is 65.7 cm³/mol. The van der Waals surface area contributed by atoms with Crippen LogP contribution < -0.4 is 5.43 Å². The summed E-state index contributed by atoms with van der Waals surface area (Å²) in [5, 5.41) is 2.80. The third-order valence-electron chi connectivity index (χ3n) is 2.63. The van der Waals surface area contributed by atoms with Gasteiger partial charge in [-0.25, -0.2) is 0 Å². The van der Waals surface area contributed by atoms with E-state index in [1.807, 2.05) is 17.6 Å². The van der Waals surface area contributed by atoms with Crippen molar-refractivity contribution in [1.82, 2.24) is 4.98 Å². The van der Waals surface area contributed by atoms with Gasteiger partial charge in [0.25, 0.3) is 0 Å². The largest absolute Gasteiger partial charge is 0.353 e. The number of thiophene rings is 1. The van der Waals surface area contributed by atoms with Gasteiger partial charge in [0.2, 0.25) is 0 Å². The molecule has 0 atom stereocenters. The monoisotopic (exact) mass is 221 g/mol. The normalized spacial score (nSPS) is 11.0. The molecule has 0 saturated carbocycles. The number of fused-ring (bicyclic) bond motifs is 1. The van der Waals surface area contributed by atoms with Crippen LogP contribution in [0.4, 0.5) is 0 Å². The number of pyridine rings is 1. The number of nitrogens with one attached hydrogen (secondary N) is 1. The SMILES string of the molecule is CCCCCc1c[nH]c2sccc2c1=O. The van der Waals surface area contributed by atoms with Crippen LogP contribution in [0.2, 0.25) is 0 Å². The number of aryl methyl sites for hydroxylation is 1. The average Bonchev–Trinajstić information content (AvgIpc) is 2.70. The van der Waals surface area contributed by atoms with E-state index in [0.717, 1.165) is 28.6 Å². The quantitative estimate of drug-likeness (QED) is 0.789. The fraction of sp³-hybridized carbons (Fsp3) is 0.417. The Kier molecular flexibility index (Phi) is 3.21. The van der Waals surface area contributed by atoms with Crippen molar-refractivity contribution in [2.75, 3.05) is 0 Å². The van der Waals surface area contributed by atoms with Crippen LogP contribution in [0.1, 0.15) is 31.7 Å². The van der Waals surface area contributed by atoms with Gasteiger partial charge in [0, 0.05) is 11.8 Å². The zero-order valence-corrected chi connectivity index (χ0v) is 9.69. The van der Waals surface area contributed by atoms with Crippen LogP contribution in [0.15, 0.2) is 22.4 Å². The molecule has 3 heteroatoms. The summed E-state index contributed by atoms with van der Waals surface area (Å²) in [4.78, 5) is 16.1. The Morgan fingerprint density at radius 1 is 1.40 bits per heavy atom. The second-order valence-corrected chi connectivity index (χ2v) is 4.68. The highest BCUT2D eigenvalue weighted by Gasteiger charge is 2.04. The van der Waals surface area contributed by atoms with Gasteiger partial charge < -0.3 is 4.98 Å². The van der Waals surface area contributed by atoms with Crippen LogP contribution in [0.5, 0.6) is 0 Å². The molecule has 0 aromatic carbocycles. The zero-order chi connectivity index (χ0) is 10.7. The van der Waals surface area contributed by atoms with E-state index < -0.39 is 0 Å². The van der Waals surface area contributed by atoms with E-state index in [4.69, 9.17) is 0 Å². The Bertz CT molecular complexity index is 498. The molecule has 0 aliphatic heterocycles. The molecule has 2 heterocycles. The van der Waals surface area contributed by atoms with Crippen LogP contribution in [0, 0.1) is 0 Å². The fourth-order valence-corrected chi connectivity index (χ4v) is 2.50. The van der Waals surface area contributed by atoms with Crippen LogP contribution in [-0.4, -0.2) is 4.98 Å². The Hall–Kier alpha value is -1.09. The van der Waals surface area contributed by atoms with E-state index >= 15 is 0 Å². The maximum absolute atomic E-state index is 12.0. The van der Waals surface area contributed by atoms with Crippen molar-refractivity contribution in [2.45, 2.75) is 32.6 Å². The lowest BCUT2D eigenvalue weighted by Crippen LogP contribution is -2.08. The van der Waals surface area contributed by atoms with E-state index in [9.17, 15) is 4.79 Å². The molecule has 0 aliphatic rings. The van der Waals surface area contributed by atoms with E-state index in [1.54, 1.807) is 11.3 Å². The highest BCUT2D eigenvalue weighted by atomic mass is 32.1. The average molecular weight is 221 g/mol. The molecule has 1 N–H and O–H groups in total. The number of rotatable bonds is 4. The van der Waals surface area contributed by atoms with Crippen LogP contribution in [-0.2, 0) is 6.42 Å². The van der Waals surface area contributed by atoms with Crippen LogP contribution in [0.25, 0.3) is 10.2 Å². The smallest absolute Gasteiger partial charge is 0.193 e. The van der Waals surface area contributed by atoms with E-state index in [1.165, 1.54) is 12.8 Å². The molecule has 0 amide bonds. The molecule has 0 radical (unpaired) electrons. The maximum Gasteiger partial charge on any atom is 0.193 e. The van der Waals surface area contributed by atoms with E-state index in [0.29, 0.717) is 0 Å². The molecular formula is C12H15NOS. The van der Waals surface area contributed by atoms with Gasteiger partial charge in [-0.05, 0) is 24.3 Å². The number of unbranched alkanes of at least 4 members (excludes halogenated alkanes) is 2. The zero-order valence-electron chi connectivity index (χ0n) is 8.88. The molecule has 0 aliphatic carbocycles. The maximum atomic E-state index is 12.0. The molecule has 0 saturated heterocycles. The Labute approximate surface area is 93.0 Å². The summed E-state index contributed by atoms with van der Waals surface area (Å²) < 4.78 is 0. The van der Waals surface area contributed by atoms with Crippen molar-refractivity contribution in [3.63, 3.8) is 0 Å². The highest BCUT2D eigenvalue weighted by molar-refractivity contribution is 7.16. The summed E-state index contributed by atoms with van der Waals surface area (Å²) >= 11 is 1.58. The molecule has 2 aromatic heterocycles. The van der Waals surface area contributed by atoms with E-state index in [-0.39, 0.29) is 5.43 Å². The number of aromatic nitrogens is 1. The molecule has 0 spiro atoms. The van der Waals surface area contributed by atoms with E-state index in [2.05, 4.69) is 11.9 Å². The second-order valence-electron chi connectivity index (χ2n) is 3.76. The molecule has 0 fully saturated rings. The molecule has 80 valence electrons. The minimum atomic E-state index is 0.209. The lowest BCUT2D eigenvalue weighted by Gasteiger charge is -1.99. The highest BCUT2D eigenvalue weighted by Crippen LogP contribution is 2.15. The van der Waals surface area contributed by atoms with Crippen molar-refractivity contribution in [3.8, 4) is 0 Å². The molecule has 2 rings (SSSR count). The topological polar surface area (TPSA) is 32.9 Å². The van der Waals surface area contributed by atoms with Crippen molar-refractivity contribution in [3.05, 3.63) is 33.4 Å². The van der Waals surface area contributed by atoms with Gasteiger partial charge in [-0.2, -0.15) is 0 Å².